The van der Waals surface area contributed by atoms with Gasteiger partial charge in [0.2, 0.25) is 0 Å². The number of aromatic amines is 1. The van der Waals surface area contributed by atoms with Crippen molar-refractivity contribution in [2.45, 2.75) is 31.2 Å². The van der Waals surface area contributed by atoms with Crippen molar-refractivity contribution >= 4 is 32.7 Å². The number of carbonyl (C=O) groups excluding carboxylic acids is 2. The zero-order chi connectivity index (χ0) is 21.3. The molecule has 0 aliphatic rings. The molecule has 4 N–H and O–H groups in total. The number of rotatable bonds is 6. The molecule has 2 aromatic carbocycles. The molecule has 0 bridgehead atoms. The first-order valence-electron chi connectivity index (χ1n) is 8.97. The van der Waals surface area contributed by atoms with Crippen molar-refractivity contribution < 1.29 is 18.0 Å². The Kier molecular flexibility index (Phi) is 5.43. The molecular weight excluding hydrogens is 392 g/mol. The molecular formula is C20H22N4O4S. The third-order valence-corrected chi connectivity index (χ3v) is 5.69. The van der Waals surface area contributed by atoms with E-state index in [0.29, 0.717) is 16.6 Å². The van der Waals surface area contributed by atoms with Crippen LogP contribution in [0.3, 0.4) is 0 Å². The summed E-state index contributed by atoms with van der Waals surface area (Å²) < 4.78 is 23.1. The van der Waals surface area contributed by atoms with Gasteiger partial charge >= 0.3 is 0 Å². The molecule has 1 heterocycles. The summed E-state index contributed by atoms with van der Waals surface area (Å²) in [6.07, 6.45) is 1.14. The van der Waals surface area contributed by atoms with Crippen LogP contribution < -0.4 is 11.1 Å². The van der Waals surface area contributed by atoms with E-state index in [1.54, 1.807) is 18.2 Å². The minimum absolute atomic E-state index is 0.00804. The number of nitrogens with one attached hydrogen (secondary N) is 2. The second-order valence-electron chi connectivity index (χ2n) is 7.17. The number of H-pyrrole nitrogens is 1. The van der Waals surface area contributed by atoms with Crippen molar-refractivity contribution in [2.24, 2.45) is 5.73 Å². The molecule has 9 heteroatoms. The van der Waals surface area contributed by atoms with Gasteiger partial charge in [-0.3, -0.25) is 9.59 Å². The zero-order valence-electron chi connectivity index (χ0n) is 16.3. The summed E-state index contributed by atoms with van der Waals surface area (Å²) in [5.41, 5.74) is 8.24. The number of fused-ring (bicyclic) bond motifs is 1. The molecule has 0 atom stereocenters. The summed E-state index contributed by atoms with van der Waals surface area (Å²) >= 11 is 0. The number of sulfone groups is 1. The Hall–Kier alpha value is -3.20. The smallest absolute Gasteiger partial charge is 0.284 e. The highest BCUT2D eigenvalue weighted by Crippen LogP contribution is 2.24. The number of hydrogen-bond acceptors (Lipinski definition) is 5. The van der Waals surface area contributed by atoms with E-state index in [0.717, 1.165) is 17.4 Å². The zero-order valence-corrected chi connectivity index (χ0v) is 17.1. The number of carbonyl (C=O) groups is 2. The summed E-state index contributed by atoms with van der Waals surface area (Å²) in [6.45, 7) is 4.21. The van der Waals surface area contributed by atoms with E-state index in [1.807, 2.05) is 19.9 Å². The van der Waals surface area contributed by atoms with Crippen LogP contribution in [-0.4, -0.2) is 36.5 Å². The molecule has 8 nitrogen and oxygen atoms in total. The van der Waals surface area contributed by atoms with Crippen molar-refractivity contribution in [1.82, 2.24) is 15.3 Å². The predicted molar refractivity (Wildman–Crippen MR) is 109 cm³/mol. The topological polar surface area (TPSA) is 135 Å². The van der Waals surface area contributed by atoms with E-state index in [9.17, 15) is 18.0 Å². The quantitative estimate of drug-likeness (QED) is 0.568. The van der Waals surface area contributed by atoms with Crippen molar-refractivity contribution in [3.8, 4) is 0 Å². The fraction of sp³-hybridized carbons (Fsp3) is 0.250. The highest BCUT2D eigenvalue weighted by molar-refractivity contribution is 7.90. The van der Waals surface area contributed by atoms with Crippen molar-refractivity contribution in [2.75, 3.05) is 6.26 Å². The molecule has 152 valence electrons. The molecule has 29 heavy (non-hydrogen) atoms. The third kappa shape index (κ3) is 4.45. The Labute approximate surface area is 168 Å². The standard InChI is InChI=1S/C20H22N4O4S/c1-11(2)13-8-15(17-16(9-13)23-19(24-17)18(21)25)20(26)22-10-12-4-6-14(7-5-12)29(3,27)28/h4-9,11H,10H2,1-3H3,(H2,21,25)(H,22,26)(H,23,24). The highest BCUT2D eigenvalue weighted by atomic mass is 32.2. The maximum atomic E-state index is 12.8. The number of aromatic nitrogens is 2. The van der Waals surface area contributed by atoms with Gasteiger partial charge in [0.05, 0.1) is 16.0 Å². The second kappa shape index (κ2) is 7.67. The van der Waals surface area contributed by atoms with Crippen LogP contribution in [-0.2, 0) is 16.4 Å². The number of amides is 2. The van der Waals surface area contributed by atoms with Gasteiger partial charge in [-0.25, -0.2) is 13.4 Å². The van der Waals surface area contributed by atoms with Gasteiger partial charge in [0.1, 0.15) is 5.52 Å². The first kappa shape index (κ1) is 20.5. The number of primary amides is 1. The van der Waals surface area contributed by atoms with Gasteiger partial charge in [-0.15, -0.1) is 0 Å². The van der Waals surface area contributed by atoms with Crippen LogP contribution in [0.2, 0.25) is 0 Å². The first-order chi connectivity index (χ1) is 13.6. The third-order valence-electron chi connectivity index (χ3n) is 4.56. The van der Waals surface area contributed by atoms with Gasteiger partial charge < -0.3 is 16.0 Å². The summed E-state index contributed by atoms with van der Waals surface area (Å²) in [6, 6.07) is 9.90. The average molecular weight is 414 g/mol. The lowest BCUT2D eigenvalue weighted by atomic mass is 9.99. The van der Waals surface area contributed by atoms with Gasteiger partial charge in [0.25, 0.3) is 11.8 Å². The van der Waals surface area contributed by atoms with Crippen molar-refractivity contribution in [3.63, 3.8) is 0 Å². The number of hydrogen-bond donors (Lipinski definition) is 3. The monoisotopic (exact) mass is 414 g/mol. The summed E-state index contributed by atoms with van der Waals surface area (Å²) in [7, 11) is -3.27. The van der Waals surface area contributed by atoms with E-state index in [1.165, 1.54) is 12.1 Å². The van der Waals surface area contributed by atoms with Crippen molar-refractivity contribution in [3.05, 3.63) is 58.9 Å². The van der Waals surface area contributed by atoms with Gasteiger partial charge in [0, 0.05) is 12.8 Å². The lowest BCUT2D eigenvalue weighted by Gasteiger charge is -2.10. The van der Waals surface area contributed by atoms with Gasteiger partial charge in [-0.1, -0.05) is 26.0 Å². The molecule has 0 saturated carbocycles. The number of nitrogens with two attached hydrogens (primary N) is 1. The normalized spacial score (nSPS) is 11.7. The molecule has 0 aliphatic carbocycles. The van der Waals surface area contributed by atoms with Crippen molar-refractivity contribution in [1.29, 1.82) is 0 Å². The second-order valence-corrected chi connectivity index (χ2v) is 9.18. The minimum atomic E-state index is -3.27. The maximum Gasteiger partial charge on any atom is 0.284 e. The van der Waals surface area contributed by atoms with Crippen LogP contribution in [0.1, 0.15) is 51.9 Å². The molecule has 0 spiro atoms. The van der Waals surface area contributed by atoms with Crippen LogP contribution in [0, 0.1) is 0 Å². The Morgan fingerprint density at radius 2 is 1.83 bits per heavy atom. The lowest BCUT2D eigenvalue weighted by Crippen LogP contribution is -2.23. The minimum Gasteiger partial charge on any atom is -0.363 e. The molecule has 0 saturated heterocycles. The maximum absolute atomic E-state index is 12.8. The lowest BCUT2D eigenvalue weighted by molar-refractivity contribution is 0.0950. The van der Waals surface area contributed by atoms with E-state index in [4.69, 9.17) is 5.73 Å². The molecule has 0 fully saturated rings. The molecule has 3 aromatic rings. The molecule has 1 aromatic heterocycles. The van der Waals surface area contributed by atoms with Crippen LogP contribution >= 0.6 is 0 Å². The molecule has 3 rings (SSSR count). The largest absolute Gasteiger partial charge is 0.363 e. The van der Waals surface area contributed by atoms with Gasteiger partial charge in [0.15, 0.2) is 15.7 Å². The van der Waals surface area contributed by atoms with E-state index >= 15 is 0 Å². The number of benzene rings is 2. The van der Waals surface area contributed by atoms with Gasteiger partial charge in [-0.05, 0) is 41.3 Å². The first-order valence-corrected chi connectivity index (χ1v) is 10.9. The fourth-order valence-electron chi connectivity index (χ4n) is 2.90. The summed E-state index contributed by atoms with van der Waals surface area (Å²) in [5.74, 6) is -0.905. The molecule has 0 radical (unpaired) electrons. The summed E-state index contributed by atoms with van der Waals surface area (Å²) in [4.78, 5) is 31.5. The Morgan fingerprint density at radius 3 is 2.38 bits per heavy atom. The Morgan fingerprint density at radius 1 is 1.17 bits per heavy atom. The predicted octanol–water partition coefficient (Wildman–Crippen LogP) is 2.12. The fourth-order valence-corrected chi connectivity index (χ4v) is 3.53. The molecule has 2 amide bonds. The molecule has 0 unspecified atom stereocenters. The van der Waals surface area contributed by atoms with E-state index in [2.05, 4.69) is 15.3 Å². The SMILES string of the molecule is CC(C)c1cc(C(=O)NCc2ccc(S(C)(=O)=O)cc2)c2nc(C(N)=O)[nH]c2c1. The van der Waals surface area contributed by atoms with Crippen LogP contribution in [0.5, 0.6) is 0 Å². The highest BCUT2D eigenvalue weighted by Gasteiger charge is 2.18. The van der Waals surface area contributed by atoms with Crippen LogP contribution in [0.4, 0.5) is 0 Å². The van der Waals surface area contributed by atoms with Crippen LogP contribution in [0.25, 0.3) is 11.0 Å². The van der Waals surface area contributed by atoms with Gasteiger partial charge in [-0.2, -0.15) is 0 Å². The molecule has 0 aliphatic heterocycles. The Bertz CT molecular complexity index is 1200. The number of nitrogens with zero attached hydrogens (tertiary/aromatic N) is 1. The number of imidazole rings is 1. The summed E-state index contributed by atoms with van der Waals surface area (Å²) in [5, 5.41) is 2.81. The van der Waals surface area contributed by atoms with E-state index in [-0.39, 0.29) is 29.1 Å². The van der Waals surface area contributed by atoms with Crippen LogP contribution in [0.15, 0.2) is 41.3 Å². The average Bonchev–Trinajstić information content (AvgIpc) is 3.09. The van der Waals surface area contributed by atoms with E-state index < -0.39 is 15.7 Å². The Balaban J connectivity index is 1.88.